The molecule has 2 N–H and O–H groups in total. The van der Waals surface area contributed by atoms with E-state index in [0.29, 0.717) is 18.7 Å². The minimum Gasteiger partial charge on any atom is -0.388 e. The van der Waals surface area contributed by atoms with Gasteiger partial charge in [-0.15, -0.1) is 0 Å². The maximum Gasteiger partial charge on any atom is 0.268 e. The van der Waals surface area contributed by atoms with Crippen LogP contribution in [0.3, 0.4) is 0 Å². The summed E-state index contributed by atoms with van der Waals surface area (Å²) in [6, 6.07) is 3.66. The van der Waals surface area contributed by atoms with Crippen molar-refractivity contribution in [3.8, 4) is 0 Å². The topological polar surface area (TPSA) is 63.5 Å². The number of amides is 1. The van der Waals surface area contributed by atoms with Crippen LogP contribution in [0.15, 0.2) is 12.1 Å². The summed E-state index contributed by atoms with van der Waals surface area (Å²) in [6.45, 7) is 4.29. The molecule has 0 saturated heterocycles. The first kappa shape index (κ1) is 14.7. The van der Waals surface area contributed by atoms with Gasteiger partial charge in [-0.05, 0) is 26.0 Å². The number of aliphatic hydroxyl groups is 1. The Bertz CT molecular complexity index is 410. The van der Waals surface area contributed by atoms with Crippen LogP contribution in [0.5, 0.6) is 0 Å². The average molecular weight is 254 g/mol. The van der Waals surface area contributed by atoms with Gasteiger partial charge in [-0.25, -0.2) is 0 Å². The number of rotatable bonds is 6. The molecule has 0 spiro atoms. The van der Waals surface area contributed by atoms with Crippen LogP contribution in [0.25, 0.3) is 0 Å². The number of ether oxygens (including phenoxy) is 1. The predicted octanol–water partition coefficient (Wildman–Crippen LogP) is 0.851. The van der Waals surface area contributed by atoms with Crippen molar-refractivity contribution in [2.75, 3.05) is 20.3 Å². The minimum absolute atomic E-state index is 0.178. The lowest BCUT2D eigenvalue weighted by Crippen LogP contribution is -2.41. The van der Waals surface area contributed by atoms with Crippen molar-refractivity contribution in [2.45, 2.75) is 25.9 Å². The Labute approximate surface area is 108 Å². The molecule has 18 heavy (non-hydrogen) atoms. The van der Waals surface area contributed by atoms with Gasteiger partial charge in [0.1, 0.15) is 5.69 Å². The summed E-state index contributed by atoms with van der Waals surface area (Å²) in [5.41, 5.74) is 0.660. The van der Waals surface area contributed by atoms with Crippen LogP contribution in [0.4, 0.5) is 0 Å². The van der Waals surface area contributed by atoms with Crippen LogP contribution in [-0.4, -0.2) is 41.4 Å². The van der Waals surface area contributed by atoms with E-state index < -0.39 is 5.60 Å². The maximum absolute atomic E-state index is 11.9. The van der Waals surface area contributed by atoms with E-state index in [-0.39, 0.29) is 12.5 Å². The SMILES string of the molecule is COCCC(C)(O)CNC(=O)c1ccc(C)n1C. The third kappa shape index (κ3) is 3.85. The Kier molecular flexibility index (Phi) is 4.93. The molecule has 5 heteroatoms. The van der Waals surface area contributed by atoms with Crippen LogP contribution in [-0.2, 0) is 11.8 Å². The fourth-order valence-electron chi connectivity index (χ4n) is 1.61. The van der Waals surface area contributed by atoms with Crippen LogP contribution < -0.4 is 5.32 Å². The van der Waals surface area contributed by atoms with Gasteiger partial charge in [0.05, 0.1) is 5.60 Å². The molecule has 1 atom stereocenters. The molecule has 0 fully saturated rings. The smallest absolute Gasteiger partial charge is 0.268 e. The molecular weight excluding hydrogens is 232 g/mol. The molecule has 1 aromatic heterocycles. The Hall–Kier alpha value is -1.33. The largest absolute Gasteiger partial charge is 0.388 e. The molecule has 0 bridgehead atoms. The van der Waals surface area contributed by atoms with E-state index in [1.165, 1.54) is 0 Å². The molecule has 1 amide bonds. The van der Waals surface area contributed by atoms with Crippen LogP contribution in [0, 0.1) is 6.92 Å². The Morgan fingerprint density at radius 1 is 1.56 bits per heavy atom. The normalized spacial score (nSPS) is 14.3. The summed E-state index contributed by atoms with van der Waals surface area (Å²) in [5, 5.41) is 12.8. The van der Waals surface area contributed by atoms with Crippen LogP contribution in [0.2, 0.25) is 0 Å². The number of hydrogen-bond donors (Lipinski definition) is 2. The highest BCUT2D eigenvalue weighted by molar-refractivity contribution is 5.92. The highest BCUT2D eigenvalue weighted by Crippen LogP contribution is 2.09. The first-order valence-electron chi connectivity index (χ1n) is 5.99. The summed E-state index contributed by atoms with van der Waals surface area (Å²) < 4.78 is 6.73. The van der Waals surface area contributed by atoms with Crippen molar-refractivity contribution >= 4 is 5.91 Å². The maximum atomic E-state index is 11.9. The third-order valence-corrected chi connectivity index (χ3v) is 3.08. The second-order valence-electron chi connectivity index (χ2n) is 4.84. The van der Waals surface area contributed by atoms with Gasteiger partial charge in [0.15, 0.2) is 0 Å². The summed E-state index contributed by atoms with van der Waals surface area (Å²) in [4.78, 5) is 11.9. The molecular formula is C13H22N2O3. The van der Waals surface area contributed by atoms with Crippen LogP contribution in [0.1, 0.15) is 29.5 Å². The molecule has 0 aromatic carbocycles. The first-order valence-corrected chi connectivity index (χ1v) is 5.99. The summed E-state index contributed by atoms with van der Waals surface area (Å²) in [7, 11) is 3.43. The molecule has 1 rings (SSSR count). The molecule has 102 valence electrons. The van der Waals surface area contributed by atoms with E-state index >= 15 is 0 Å². The van der Waals surface area contributed by atoms with Gasteiger partial charge in [-0.2, -0.15) is 0 Å². The van der Waals surface area contributed by atoms with Crippen molar-refractivity contribution in [3.63, 3.8) is 0 Å². The molecule has 0 aliphatic rings. The molecule has 0 radical (unpaired) electrons. The zero-order chi connectivity index (χ0) is 13.8. The molecule has 0 saturated carbocycles. The molecule has 1 unspecified atom stereocenters. The molecule has 1 aromatic rings. The van der Waals surface area contributed by atoms with E-state index in [1.807, 2.05) is 24.6 Å². The predicted molar refractivity (Wildman–Crippen MR) is 69.6 cm³/mol. The number of methoxy groups -OCH3 is 1. The van der Waals surface area contributed by atoms with Gasteiger partial charge < -0.3 is 19.7 Å². The van der Waals surface area contributed by atoms with E-state index in [0.717, 1.165) is 5.69 Å². The number of nitrogens with one attached hydrogen (secondary N) is 1. The molecule has 0 aliphatic carbocycles. The van der Waals surface area contributed by atoms with E-state index in [1.54, 1.807) is 20.1 Å². The average Bonchev–Trinajstić information content (AvgIpc) is 2.65. The number of hydrogen-bond acceptors (Lipinski definition) is 3. The number of carbonyl (C=O) groups is 1. The quantitative estimate of drug-likeness (QED) is 0.791. The number of nitrogens with zero attached hydrogens (tertiary/aromatic N) is 1. The lowest BCUT2D eigenvalue weighted by molar-refractivity contribution is 0.0242. The molecule has 0 aliphatic heterocycles. The standard InChI is InChI=1S/C13H22N2O3/c1-10-5-6-11(15(10)3)12(16)14-9-13(2,17)7-8-18-4/h5-6,17H,7-9H2,1-4H3,(H,14,16). The summed E-state index contributed by atoms with van der Waals surface area (Å²) >= 11 is 0. The lowest BCUT2D eigenvalue weighted by atomic mass is 10.0. The van der Waals surface area contributed by atoms with Gasteiger partial charge in [0.2, 0.25) is 0 Å². The third-order valence-electron chi connectivity index (χ3n) is 3.08. The lowest BCUT2D eigenvalue weighted by Gasteiger charge is -2.23. The van der Waals surface area contributed by atoms with Crippen molar-refractivity contribution in [3.05, 3.63) is 23.5 Å². The zero-order valence-electron chi connectivity index (χ0n) is 11.5. The fourth-order valence-corrected chi connectivity index (χ4v) is 1.61. The number of carbonyl (C=O) groups excluding carboxylic acids is 1. The number of aromatic nitrogens is 1. The zero-order valence-corrected chi connectivity index (χ0v) is 11.5. The molecule has 1 heterocycles. The van der Waals surface area contributed by atoms with Gasteiger partial charge in [-0.1, -0.05) is 0 Å². The van der Waals surface area contributed by atoms with Crippen molar-refractivity contribution in [1.29, 1.82) is 0 Å². The van der Waals surface area contributed by atoms with Gasteiger partial charge in [0.25, 0.3) is 5.91 Å². The van der Waals surface area contributed by atoms with Gasteiger partial charge >= 0.3 is 0 Å². The number of aryl methyl sites for hydroxylation is 1. The molecule has 5 nitrogen and oxygen atoms in total. The second-order valence-corrected chi connectivity index (χ2v) is 4.84. The van der Waals surface area contributed by atoms with Crippen molar-refractivity contribution < 1.29 is 14.6 Å². The van der Waals surface area contributed by atoms with Crippen molar-refractivity contribution in [1.82, 2.24) is 9.88 Å². The Balaban J connectivity index is 2.53. The minimum atomic E-state index is -0.953. The van der Waals surface area contributed by atoms with E-state index in [4.69, 9.17) is 4.74 Å². The summed E-state index contributed by atoms with van der Waals surface area (Å²) in [5.74, 6) is -0.178. The Morgan fingerprint density at radius 3 is 2.72 bits per heavy atom. The second kappa shape index (κ2) is 6.02. The first-order chi connectivity index (χ1) is 8.37. The highest BCUT2D eigenvalue weighted by Gasteiger charge is 2.21. The van der Waals surface area contributed by atoms with Gasteiger partial charge in [0, 0.05) is 39.4 Å². The van der Waals surface area contributed by atoms with Crippen molar-refractivity contribution in [2.24, 2.45) is 7.05 Å². The van der Waals surface area contributed by atoms with Gasteiger partial charge in [-0.3, -0.25) is 4.79 Å². The van der Waals surface area contributed by atoms with E-state index in [9.17, 15) is 9.90 Å². The van der Waals surface area contributed by atoms with Crippen LogP contribution >= 0.6 is 0 Å². The summed E-state index contributed by atoms with van der Waals surface area (Å²) in [6.07, 6.45) is 0.482. The Morgan fingerprint density at radius 2 is 2.22 bits per heavy atom. The fraction of sp³-hybridized carbons (Fsp3) is 0.615. The van der Waals surface area contributed by atoms with E-state index in [2.05, 4.69) is 5.32 Å². The highest BCUT2D eigenvalue weighted by atomic mass is 16.5. The monoisotopic (exact) mass is 254 g/mol.